The van der Waals surface area contributed by atoms with Crippen molar-refractivity contribution in [2.24, 2.45) is 10.8 Å². The van der Waals surface area contributed by atoms with Crippen LogP contribution >= 0.6 is 0 Å². The number of hydrogen-bond acceptors (Lipinski definition) is 2. The molecule has 2 nitrogen and oxygen atoms in total. The molecule has 0 radical (unpaired) electrons. The van der Waals surface area contributed by atoms with Gasteiger partial charge in [0.15, 0.2) is 9.84 Å². The number of allylic oxidation sites excluding steroid dienone is 4. The molecule has 70 valence electrons. The Morgan fingerprint density at radius 3 is 1.77 bits per heavy atom. The maximum atomic E-state index is 11.6. The largest absolute Gasteiger partial charge is 0.229 e. The standard InChI is InChI=1S/C10H12O2S/c11-13(12)7-9-3-1-2-4-10(9,8-13)6-5-9/h1-2,5-6H,3-4,7-8H2/t9-,10-/m0/s1. The molecule has 1 heterocycles. The van der Waals surface area contributed by atoms with E-state index in [1.54, 1.807) is 0 Å². The lowest BCUT2D eigenvalue weighted by atomic mass is 9.53. The third-order valence-electron chi connectivity index (χ3n) is 3.80. The Morgan fingerprint density at radius 2 is 1.38 bits per heavy atom. The van der Waals surface area contributed by atoms with Crippen molar-refractivity contribution in [2.75, 3.05) is 11.5 Å². The van der Waals surface area contributed by atoms with E-state index in [2.05, 4.69) is 24.3 Å². The van der Waals surface area contributed by atoms with Crippen LogP contribution in [0.25, 0.3) is 0 Å². The molecule has 2 aliphatic carbocycles. The van der Waals surface area contributed by atoms with Crippen LogP contribution in [0.1, 0.15) is 12.8 Å². The molecule has 3 aliphatic rings. The molecule has 0 saturated carbocycles. The van der Waals surface area contributed by atoms with Gasteiger partial charge in [0, 0.05) is 10.8 Å². The Hall–Kier alpha value is -0.570. The lowest BCUT2D eigenvalue weighted by molar-refractivity contribution is 0.162. The maximum absolute atomic E-state index is 11.6. The highest BCUT2D eigenvalue weighted by Crippen LogP contribution is 2.62. The van der Waals surface area contributed by atoms with Crippen LogP contribution < -0.4 is 0 Å². The lowest BCUT2D eigenvalue weighted by Gasteiger charge is -2.49. The third kappa shape index (κ3) is 0.766. The summed E-state index contributed by atoms with van der Waals surface area (Å²) in [6, 6.07) is 0. The molecular weight excluding hydrogens is 184 g/mol. The second-order valence-corrected chi connectivity index (χ2v) is 6.62. The average molecular weight is 196 g/mol. The Balaban J connectivity index is 2.16. The van der Waals surface area contributed by atoms with Crippen LogP contribution in [-0.2, 0) is 9.84 Å². The van der Waals surface area contributed by atoms with E-state index in [1.807, 2.05) is 0 Å². The number of rotatable bonds is 0. The van der Waals surface area contributed by atoms with E-state index in [0.717, 1.165) is 12.8 Å². The molecule has 0 bridgehead atoms. The molecule has 0 aromatic carbocycles. The zero-order chi connectivity index (χ0) is 9.16. The van der Waals surface area contributed by atoms with Crippen molar-refractivity contribution in [1.82, 2.24) is 0 Å². The highest BCUT2D eigenvalue weighted by molar-refractivity contribution is 7.91. The van der Waals surface area contributed by atoms with Crippen molar-refractivity contribution in [3.05, 3.63) is 24.3 Å². The molecule has 1 fully saturated rings. The Morgan fingerprint density at radius 1 is 0.923 bits per heavy atom. The van der Waals surface area contributed by atoms with E-state index >= 15 is 0 Å². The van der Waals surface area contributed by atoms with Gasteiger partial charge in [0.25, 0.3) is 0 Å². The first kappa shape index (κ1) is 7.80. The van der Waals surface area contributed by atoms with E-state index in [1.165, 1.54) is 0 Å². The van der Waals surface area contributed by atoms with Crippen LogP contribution in [0, 0.1) is 10.8 Å². The molecule has 0 unspecified atom stereocenters. The van der Waals surface area contributed by atoms with Gasteiger partial charge in [0.1, 0.15) is 0 Å². The average Bonchev–Trinajstić information content (AvgIpc) is 2.21. The molecule has 13 heavy (non-hydrogen) atoms. The van der Waals surface area contributed by atoms with Crippen LogP contribution in [0.4, 0.5) is 0 Å². The van der Waals surface area contributed by atoms with E-state index in [4.69, 9.17) is 0 Å². The molecule has 0 aromatic rings. The molecule has 0 amide bonds. The minimum absolute atomic E-state index is 0.0133. The van der Waals surface area contributed by atoms with Gasteiger partial charge in [0.05, 0.1) is 11.5 Å². The Labute approximate surface area is 78.3 Å². The first-order valence-electron chi connectivity index (χ1n) is 4.64. The summed E-state index contributed by atoms with van der Waals surface area (Å²) in [7, 11) is -2.79. The molecule has 0 N–H and O–H groups in total. The van der Waals surface area contributed by atoms with Crippen molar-refractivity contribution in [1.29, 1.82) is 0 Å². The fourth-order valence-corrected chi connectivity index (χ4v) is 5.70. The summed E-state index contributed by atoms with van der Waals surface area (Å²) in [5.41, 5.74) is -0.0266. The lowest BCUT2D eigenvalue weighted by Crippen LogP contribution is -2.45. The molecule has 0 aromatic heterocycles. The molecule has 1 saturated heterocycles. The summed E-state index contributed by atoms with van der Waals surface area (Å²) in [5.74, 6) is 0.752. The smallest absolute Gasteiger partial charge is 0.152 e. The number of sulfone groups is 1. The molecule has 1 aliphatic heterocycles. The van der Waals surface area contributed by atoms with Crippen molar-refractivity contribution >= 4 is 9.84 Å². The first-order chi connectivity index (χ1) is 6.08. The van der Waals surface area contributed by atoms with Crippen LogP contribution in [0.15, 0.2) is 24.3 Å². The highest BCUT2D eigenvalue weighted by Gasteiger charge is 2.62. The van der Waals surface area contributed by atoms with Gasteiger partial charge in [-0.1, -0.05) is 24.3 Å². The summed E-state index contributed by atoms with van der Waals surface area (Å²) in [6.45, 7) is 0. The maximum Gasteiger partial charge on any atom is 0.152 e. The van der Waals surface area contributed by atoms with Gasteiger partial charge in [-0.05, 0) is 12.8 Å². The molecule has 0 spiro atoms. The summed E-state index contributed by atoms with van der Waals surface area (Å²) in [5, 5.41) is 0. The predicted molar refractivity (Wildman–Crippen MR) is 51.0 cm³/mol. The van der Waals surface area contributed by atoms with Gasteiger partial charge >= 0.3 is 0 Å². The third-order valence-corrected chi connectivity index (χ3v) is 5.71. The second kappa shape index (κ2) is 1.92. The zero-order valence-electron chi connectivity index (χ0n) is 7.36. The zero-order valence-corrected chi connectivity index (χ0v) is 8.18. The summed E-state index contributed by atoms with van der Waals surface area (Å²) in [4.78, 5) is 0. The van der Waals surface area contributed by atoms with Gasteiger partial charge in [-0.15, -0.1) is 0 Å². The SMILES string of the molecule is O=S1(=O)C[C@]23C=C[C@@]2(CC=CC3)C1. The van der Waals surface area contributed by atoms with Gasteiger partial charge in [-0.2, -0.15) is 0 Å². The van der Waals surface area contributed by atoms with E-state index in [-0.39, 0.29) is 10.8 Å². The molecular formula is C10H12O2S. The summed E-state index contributed by atoms with van der Waals surface area (Å²) < 4.78 is 23.2. The normalized spacial score (nSPS) is 49.5. The second-order valence-electron chi connectivity index (χ2n) is 4.56. The van der Waals surface area contributed by atoms with Crippen molar-refractivity contribution in [3.8, 4) is 0 Å². The predicted octanol–water partition coefficient (Wildman–Crippen LogP) is 1.31. The summed E-state index contributed by atoms with van der Waals surface area (Å²) >= 11 is 0. The number of hydrogen-bond donors (Lipinski definition) is 0. The molecule has 2 atom stereocenters. The molecule has 3 rings (SSSR count). The minimum Gasteiger partial charge on any atom is -0.229 e. The van der Waals surface area contributed by atoms with Gasteiger partial charge in [-0.25, -0.2) is 8.42 Å². The van der Waals surface area contributed by atoms with Gasteiger partial charge < -0.3 is 0 Å². The quantitative estimate of drug-likeness (QED) is 0.547. The van der Waals surface area contributed by atoms with Crippen molar-refractivity contribution < 1.29 is 8.42 Å². The van der Waals surface area contributed by atoms with E-state index < -0.39 is 9.84 Å². The summed E-state index contributed by atoms with van der Waals surface area (Å²) in [6.07, 6.45) is 10.3. The van der Waals surface area contributed by atoms with Gasteiger partial charge in [-0.3, -0.25) is 0 Å². The van der Waals surface area contributed by atoms with E-state index in [0.29, 0.717) is 11.5 Å². The highest BCUT2D eigenvalue weighted by atomic mass is 32.2. The monoisotopic (exact) mass is 196 g/mol. The Bertz CT molecular complexity index is 386. The minimum atomic E-state index is -2.79. The van der Waals surface area contributed by atoms with Gasteiger partial charge in [0.2, 0.25) is 0 Å². The van der Waals surface area contributed by atoms with Crippen molar-refractivity contribution in [2.45, 2.75) is 12.8 Å². The van der Waals surface area contributed by atoms with Crippen LogP contribution in [-0.4, -0.2) is 19.9 Å². The first-order valence-corrected chi connectivity index (χ1v) is 6.46. The fourth-order valence-electron chi connectivity index (χ4n) is 3.02. The van der Waals surface area contributed by atoms with Crippen LogP contribution in [0.5, 0.6) is 0 Å². The van der Waals surface area contributed by atoms with Crippen molar-refractivity contribution in [3.63, 3.8) is 0 Å². The molecule has 3 heteroatoms. The topological polar surface area (TPSA) is 34.1 Å². The van der Waals surface area contributed by atoms with Crippen LogP contribution in [0.3, 0.4) is 0 Å². The van der Waals surface area contributed by atoms with Crippen LogP contribution in [0.2, 0.25) is 0 Å². The van der Waals surface area contributed by atoms with E-state index in [9.17, 15) is 8.42 Å². The Kier molecular flexibility index (Phi) is 1.15. The fraction of sp³-hybridized carbons (Fsp3) is 0.600.